The van der Waals surface area contributed by atoms with Crippen LogP contribution in [0.5, 0.6) is 0 Å². The Bertz CT molecular complexity index is 826. The van der Waals surface area contributed by atoms with Gasteiger partial charge in [-0.25, -0.2) is 4.39 Å². The van der Waals surface area contributed by atoms with E-state index in [4.69, 9.17) is 11.6 Å². The van der Waals surface area contributed by atoms with Crippen molar-refractivity contribution >= 4 is 17.5 Å². The minimum absolute atomic E-state index is 0.176. The molecule has 0 radical (unpaired) electrons. The van der Waals surface area contributed by atoms with Crippen LogP contribution in [0.2, 0.25) is 5.02 Å². The minimum Gasteiger partial charge on any atom is -0.349 e. The van der Waals surface area contributed by atoms with Crippen LogP contribution in [0.3, 0.4) is 0 Å². The van der Waals surface area contributed by atoms with Gasteiger partial charge in [0.25, 0.3) is 0 Å². The molecule has 1 unspecified atom stereocenters. The number of carbonyl (C=O) groups is 1. The fourth-order valence-electron chi connectivity index (χ4n) is 4.18. The van der Waals surface area contributed by atoms with Crippen LogP contribution < -0.4 is 0 Å². The Hall–Kier alpha value is -1.89. The lowest BCUT2D eigenvalue weighted by Gasteiger charge is -2.38. The number of aromatic nitrogens is 1. The minimum atomic E-state index is -0.269. The molecule has 28 heavy (non-hydrogen) atoms. The molecule has 1 aromatic carbocycles. The summed E-state index contributed by atoms with van der Waals surface area (Å²) >= 11 is 6.14. The molecule has 0 aliphatic carbocycles. The lowest BCUT2D eigenvalue weighted by atomic mass is 10.1. The van der Waals surface area contributed by atoms with E-state index in [1.165, 1.54) is 11.8 Å². The molecule has 150 valence electrons. The van der Waals surface area contributed by atoms with Crippen LogP contribution in [0.25, 0.3) is 0 Å². The smallest absolute Gasteiger partial charge is 0.236 e. The number of halogens is 2. The zero-order valence-electron chi connectivity index (χ0n) is 16.2. The van der Waals surface area contributed by atoms with Gasteiger partial charge < -0.3 is 9.47 Å². The summed E-state index contributed by atoms with van der Waals surface area (Å²) in [7, 11) is 0. The van der Waals surface area contributed by atoms with E-state index in [0.717, 1.165) is 26.2 Å². The zero-order chi connectivity index (χ0) is 19.7. The fraction of sp³-hybridized carbons (Fsp3) is 0.476. The summed E-state index contributed by atoms with van der Waals surface area (Å²) < 4.78 is 16.3. The maximum absolute atomic E-state index is 14.0. The second-order valence-electron chi connectivity index (χ2n) is 7.63. The summed E-state index contributed by atoms with van der Waals surface area (Å²) in [6.07, 6.45) is 2.10. The molecule has 1 saturated heterocycles. The van der Waals surface area contributed by atoms with E-state index in [1.54, 1.807) is 12.1 Å². The number of fused-ring (bicyclic) bond motifs is 1. The molecule has 1 aromatic heterocycles. The number of rotatable bonds is 4. The molecule has 0 spiro atoms. The predicted octanol–water partition coefficient (Wildman–Crippen LogP) is 3.00. The van der Waals surface area contributed by atoms with E-state index in [1.807, 2.05) is 4.90 Å². The summed E-state index contributed by atoms with van der Waals surface area (Å²) in [5, 5.41) is 0.461. The van der Waals surface area contributed by atoms with Gasteiger partial charge in [0.15, 0.2) is 0 Å². The van der Waals surface area contributed by atoms with Gasteiger partial charge in [0.2, 0.25) is 5.91 Å². The molecule has 7 heteroatoms. The van der Waals surface area contributed by atoms with E-state index < -0.39 is 0 Å². The van der Waals surface area contributed by atoms with Crippen LogP contribution in [-0.4, -0.2) is 64.4 Å². The average Bonchev–Trinajstić information content (AvgIpc) is 3.17. The molecular formula is C21H26ClFN4O. The van der Waals surface area contributed by atoms with Crippen molar-refractivity contribution in [2.45, 2.75) is 26.1 Å². The van der Waals surface area contributed by atoms with Gasteiger partial charge in [-0.1, -0.05) is 17.7 Å². The molecule has 5 nitrogen and oxygen atoms in total. The maximum Gasteiger partial charge on any atom is 0.236 e. The fourth-order valence-corrected chi connectivity index (χ4v) is 4.40. The zero-order valence-corrected chi connectivity index (χ0v) is 16.9. The van der Waals surface area contributed by atoms with Gasteiger partial charge in [-0.05, 0) is 31.2 Å². The largest absolute Gasteiger partial charge is 0.349 e. The first-order valence-corrected chi connectivity index (χ1v) is 10.2. The van der Waals surface area contributed by atoms with E-state index >= 15 is 0 Å². The van der Waals surface area contributed by atoms with Crippen molar-refractivity contribution in [1.29, 1.82) is 0 Å². The Labute approximate surface area is 170 Å². The molecule has 3 heterocycles. The number of amides is 1. The van der Waals surface area contributed by atoms with Crippen molar-refractivity contribution in [3.05, 3.63) is 58.6 Å². The second-order valence-corrected chi connectivity index (χ2v) is 8.04. The third-order valence-electron chi connectivity index (χ3n) is 5.98. The number of piperazine rings is 1. The monoisotopic (exact) mass is 404 g/mol. The molecule has 1 fully saturated rings. The normalized spacial score (nSPS) is 21.0. The van der Waals surface area contributed by atoms with Gasteiger partial charge in [0.1, 0.15) is 5.82 Å². The molecule has 0 N–H and O–H groups in total. The SMILES string of the molecule is CC1c2cccn2CCN1CC(=O)N1CCN(Cc2c(F)cccc2Cl)CC1. The average molecular weight is 405 g/mol. The van der Waals surface area contributed by atoms with Crippen LogP contribution >= 0.6 is 11.6 Å². The molecule has 4 rings (SSSR count). The molecule has 0 bridgehead atoms. The Morgan fingerprint density at radius 2 is 1.89 bits per heavy atom. The summed E-state index contributed by atoms with van der Waals surface area (Å²) in [5.41, 5.74) is 1.81. The maximum atomic E-state index is 14.0. The van der Waals surface area contributed by atoms with Crippen molar-refractivity contribution in [1.82, 2.24) is 19.3 Å². The van der Waals surface area contributed by atoms with Gasteiger partial charge in [-0.3, -0.25) is 14.6 Å². The lowest BCUT2D eigenvalue weighted by Crippen LogP contribution is -2.51. The third kappa shape index (κ3) is 3.95. The standard InChI is InChI=1S/C21H26ClFN4O/c1-16-20-6-3-7-25(20)12-13-27(16)15-21(28)26-10-8-24(9-11-26)14-17-18(22)4-2-5-19(17)23/h2-7,16H,8-15H2,1H3. The Morgan fingerprint density at radius 1 is 1.11 bits per heavy atom. The van der Waals surface area contributed by atoms with Gasteiger partial charge in [0, 0.05) is 74.3 Å². The van der Waals surface area contributed by atoms with Crippen LogP contribution in [0.15, 0.2) is 36.5 Å². The Kier molecular flexibility index (Phi) is 5.71. The predicted molar refractivity (Wildman–Crippen MR) is 108 cm³/mol. The summed E-state index contributed by atoms with van der Waals surface area (Å²) in [5.74, 6) is -0.0923. The molecular weight excluding hydrogens is 379 g/mol. The molecule has 1 atom stereocenters. The van der Waals surface area contributed by atoms with E-state index in [-0.39, 0.29) is 17.8 Å². The highest BCUT2D eigenvalue weighted by Gasteiger charge is 2.28. The highest BCUT2D eigenvalue weighted by Crippen LogP contribution is 2.25. The number of nitrogens with zero attached hydrogens (tertiary/aromatic N) is 4. The van der Waals surface area contributed by atoms with Crippen molar-refractivity contribution in [2.75, 3.05) is 39.3 Å². The number of benzene rings is 1. The lowest BCUT2D eigenvalue weighted by molar-refractivity contribution is -0.135. The third-order valence-corrected chi connectivity index (χ3v) is 6.33. The van der Waals surface area contributed by atoms with E-state index in [0.29, 0.717) is 36.8 Å². The quantitative estimate of drug-likeness (QED) is 0.785. The van der Waals surface area contributed by atoms with Gasteiger partial charge in [0.05, 0.1) is 6.54 Å². The molecule has 1 amide bonds. The second kappa shape index (κ2) is 8.23. The number of hydrogen-bond acceptors (Lipinski definition) is 3. The summed E-state index contributed by atoms with van der Waals surface area (Å²) in [6.45, 7) is 7.71. The van der Waals surface area contributed by atoms with Gasteiger partial charge >= 0.3 is 0 Å². The van der Waals surface area contributed by atoms with Crippen LogP contribution in [-0.2, 0) is 17.9 Å². The van der Waals surface area contributed by atoms with Crippen molar-refractivity contribution in [3.63, 3.8) is 0 Å². The highest BCUT2D eigenvalue weighted by molar-refractivity contribution is 6.31. The summed E-state index contributed by atoms with van der Waals surface area (Å²) in [4.78, 5) is 19.2. The van der Waals surface area contributed by atoms with Gasteiger partial charge in [-0.2, -0.15) is 0 Å². The first-order chi connectivity index (χ1) is 13.5. The van der Waals surface area contributed by atoms with Crippen LogP contribution in [0, 0.1) is 5.82 Å². The molecule has 2 aromatic rings. The topological polar surface area (TPSA) is 31.7 Å². The van der Waals surface area contributed by atoms with Gasteiger partial charge in [-0.15, -0.1) is 0 Å². The van der Waals surface area contributed by atoms with E-state index in [9.17, 15) is 9.18 Å². The first kappa shape index (κ1) is 19.4. The first-order valence-electron chi connectivity index (χ1n) is 9.85. The highest BCUT2D eigenvalue weighted by atomic mass is 35.5. The molecule has 0 saturated carbocycles. The number of carbonyl (C=O) groups excluding carboxylic acids is 1. The number of hydrogen-bond donors (Lipinski definition) is 0. The molecule has 2 aliphatic rings. The van der Waals surface area contributed by atoms with Crippen molar-refractivity contribution in [3.8, 4) is 0 Å². The van der Waals surface area contributed by atoms with E-state index in [2.05, 4.69) is 39.6 Å². The van der Waals surface area contributed by atoms with Crippen LogP contribution in [0.1, 0.15) is 24.2 Å². The summed E-state index contributed by atoms with van der Waals surface area (Å²) in [6, 6.07) is 9.23. The Morgan fingerprint density at radius 3 is 2.64 bits per heavy atom. The van der Waals surface area contributed by atoms with Crippen LogP contribution in [0.4, 0.5) is 4.39 Å². The van der Waals surface area contributed by atoms with Crippen molar-refractivity contribution < 1.29 is 9.18 Å². The molecule has 2 aliphatic heterocycles. The Balaban J connectivity index is 1.30. The van der Waals surface area contributed by atoms with Crippen molar-refractivity contribution in [2.24, 2.45) is 0 Å².